The molecular weight excluding hydrogens is 254 g/mol. The monoisotopic (exact) mass is 272 g/mol. The molecule has 2 N–H and O–H groups in total. The summed E-state index contributed by atoms with van der Waals surface area (Å²) in [7, 11) is 1.68. The third kappa shape index (κ3) is 4.22. The van der Waals surface area contributed by atoms with Crippen molar-refractivity contribution in [3.8, 4) is 5.75 Å². The number of ether oxygens (including phenoxy) is 1. The van der Waals surface area contributed by atoms with E-state index in [9.17, 15) is 0 Å². The van der Waals surface area contributed by atoms with Crippen LogP contribution in [0.3, 0.4) is 0 Å². The van der Waals surface area contributed by atoms with Crippen molar-refractivity contribution >= 4 is 15.9 Å². The lowest BCUT2D eigenvalue weighted by Gasteiger charge is -2.17. The van der Waals surface area contributed by atoms with Gasteiger partial charge in [0, 0.05) is 5.56 Å². The molecule has 0 amide bonds. The highest BCUT2D eigenvalue weighted by Gasteiger charge is 2.13. The minimum absolute atomic E-state index is 0.270. The van der Waals surface area contributed by atoms with Crippen LogP contribution in [-0.4, -0.2) is 12.6 Å². The molecule has 0 saturated carbocycles. The first-order valence-corrected chi connectivity index (χ1v) is 5.88. The number of hydrogen-bond acceptors (Lipinski definition) is 1. The predicted octanol–water partition coefficient (Wildman–Crippen LogP) is 2.32. The number of rotatable bonds is 3. The lowest BCUT2D eigenvalue weighted by Crippen LogP contribution is -2.92. The fourth-order valence-corrected chi connectivity index (χ4v) is 1.85. The zero-order valence-electron chi connectivity index (χ0n) is 9.80. The van der Waals surface area contributed by atoms with E-state index in [-0.39, 0.29) is 5.54 Å². The zero-order valence-corrected chi connectivity index (χ0v) is 11.4. The molecule has 0 spiro atoms. The van der Waals surface area contributed by atoms with Crippen molar-refractivity contribution < 1.29 is 10.1 Å². The number of methoxy groups -OCH3 is 1. The minimum atomic E-state index is 0.270. The van der Waals surface area contributed by atoms with E-state index >= 15 is 0 Å². The maximum atomic E-state index is 5.19. The summed E-state index contributed by atoms with van der Waals surface area (Å²) in [6, 6.07) is 6.21. The van der Waals surface area contributed by atoms with Crippen LogP contribution in [0.1, 0.15) is 26.3 Å². The van der Waals surface area contributed by atoms with Crippen LogP contribution in [0.15, 0.2) is 22.7 Å². The van der Waals surface area contributed by atoms with Crippen LogP contribution in [0.5, 0.6) is 5.75 Å². The molecule has 3 heteroatoms. The van der Waals surface area contributed by atoms with Gasteiger partial charge >= 0.3 is 0 Å². The smallest absolute Gasteiger partial charge is 0.133 e. The first kappa shape index (κ1) is 12.5. The number of quaternary nitrogens is 1. The Hall–Kier alpha value is -0.540. The van der Waals surface area contributed by atoms with E-state index in [1.54, 1.807) is 7.11 Å². The fourth-order valence-electron chi connectivity index (χ4n) is 1.26. The van der Waals surface area contributed by atoms with Gasteiger partial charge < -0.3 is 10.1 Å². The third-order valence-corrected chi connectivity index (χ3v) is 2.79. The van der Waals surface area contributed by atoms with Gasteiger partial charge in [0.25, 0.3) is 0 Å². The SMILES string of the molecule is COc1ccc(C[NH2+]C(C)(C)C)cc1Br. The molecule has 1 aromatic rings. The van der Waals surface area contributed by atoms with Crippen molar-refractivity contribution in [2.45, 2.75) is 32.9 Å². The predicted molar refractivity (Wildman–Crippen MR) is 66.1 cm³/mol. The molecule has 0 saturated heterocycles. The van der Waals surface area contributed by atoms with Crippen molar-refractivity contribution in [3.63, 3.8) is 0 Å². The second-order valence-electron chi connectivity index (χ2n) is 4.74. The van der Waals surface area contributed by atoms with Gasteiger partial charge in [-0.2, -0.15) is 0 Å². The number of nitrogens with two attached hydrogens (primary N) is 1. The molecule has 0 aliphatic rings. The van der Waals surface area contributed by atoms with Gasteiger partial charge in [0.15, 0.2) is 0 Å². The van der Waals surface area contributed by atoms with Crippen molar-refractivity contribution in [1.82, 2.24) is 0 Å². The average molecular weight is 273 g/mol. The number of halogens is 1. The van der Waals surface area contributed by atoms with Crippen molar-refractivity contribution in [2.24, 2.45) is 0 Å². The van der Waals surface area contributed by atoms with Gasteiger partial charge in [0.2, 0.25) is 0 Å². The van der Waals surface area contributed by atoms with Crippen LogP contribution in [0.4, 0.5) is 0 Å². The van der Waals surface area contributed by atoms with Gasteiger partial charge in [0.1, 0.15) is 12.3 Å². The Morgan fingerprint density at radius 1 is 1.33 bits per heavy atom. The van der Waals surface area contributed by atoms with Gasteiger partial charge in [0.05, 0.1) is 17.1 Å². The molecule has 0 unspecified atom stereocenters. The fraction of sp³-hybridized carbons (Fsp3) is 0.500. The van der Waals surface area contributed by atoms with Crippen LogP contribution >= 0.6 is 15.9 Å². The summed E-state index contributed by atoms with van der Waals surface area (Å²) in [5.41, 5.74) is 1.57. The summed E-state index contributed by atoms with van der Waals surface area (Å²) in [5, 5.41) is 2.32. The maximum absolute atomic E-state index is 5.19. The van der Waals surface area contributed by atoms with Crippen LogP contribution in [-0.2, 0) is 6.54 Å². The molecule has 84 valence electrons. The van der Waals surface area contributed by atoms with Crippen LogP contribution in [0.2, 0.25) is 0 Å². The van der Waals surface area contributed by atoms with E-state index in [2.05, 4.69) is 54.2 Å². The molecule has 0 radical (unpaired) electrons. The number of hydrogen-bond donors (Lipinski definition) is 1. The van der Waals surface area contributed by atoms with Gasteiger partial charge in [-0.15, -0.1) is 0 Å². The maximum Gasteiger partial charge on any atom is 0.133 e. The van der Waals surface area contributed by atoms with Crippen molar-refractivity contribution in [1.29, 1.82) is 0 Å². The lowest BCUT2D eigenvalue weighted by molar-refractivity contribution is -0.731. The summed E-state index contributed by atoms with van der Waals surface area (Å²) >= 11 is 3.49. The first-order valence-electron chi connectivity index (χ1n) is 5.09. The molecule has 0 aliphatic carbocycles. The Morgan fingerprint density at radius 3 is 2.47 bits per heavy atom. The molecule has 0 fully saturated rings. The number of benzene rings is 1. The lowest BCUT2D eigenvalue weighted by atomic mass is 10.1. The summed E-state index contributed by atoms with van der Waals surface area (Å²) in [5.74, 6) is 0.884. The Bertz CT molecular complexity index is 331. The molecule has 0 bridgehead atoms. The van der Waals surface area contributed by atoms with E-state index < -0.39 is 0 Å². The quantitative estimate of drug-likeness (QED) is 0.898. The van der Waals surface area contributed by atoms with Gasteiger partial charge in [-0.1, -0.05) is 0 Å². The van der Waals surface area contributed by atoms with E-state index in [1.807, 2.05) is 6.07 Å². The summed E-state index contributed by atoms with van der Waals surface area (Å²) < 4.78 is 6.21. The molecule has 15 heavy (non-hydrogen) atoms. The van der Waals surface area contributed by atoms with Gasteiger partial charge in [-0.3, -0.25) is 0 Å². The summed E-state index contributed by atoms with van der Waals surface area (Å²) in [6.45, 7) is 7.63. The Labute approximate surface area is 100 Å². The molecule has 1 rings (SSSR count). The van der Waals surface area contributed by atoms with E-state index in [0.717, 1.165) is 16.8 Å². The standard InChI is InChI=1S/C12H18BrNO/c1-12(2,3)14-8-9-5-6-11(15-4)10(13)7-9/h5-7,14H,8H2,1-4H3/p+1. The second-order valence-corrected chi connectivity index (χ2v) is 5.60. The molecule has 1 aromatic carbocycles. The van der Waals surface area contributed by atoms with E-state index in [0.29, 0.717) is 0 Å². The average Bonchev–Trinajstić information content (AvgIpc) is 2.14. The minimum Gasteiger partial charge on any atom is -0.496 e. The Balaban J connectivity index is 2.68. The topological polar surface area (TPSA) is 25.8 Å². The summed E-state index contributed by atoms with van der Waals surface area (Å²) in [4.78, 5) is 0. The normalized spacial score (nSPS) is 11.5. The van der Waals surface area contributed by atoms with Crippen molar-refractivity contribution in [3.05, 3.63) is 28.2 Å². The first-order chi connectivity index (χ1) is 6.92. The van der Waals surface area contributed by atoms with Crippen molar-refractivity contribution in [2.75, 3.05) is 7.11 Å². The highest BCUT2D eigenvalue weighted by atomic mass is 79.9. The molecule has 0 aromatic heterocycles. The summed E-state index contributed by atoms with van der Waals surface area (Å²) in [6.07, 6.45) is 0. The molecular formula is C12H19BrNO+. The van der Waals surface area contributed by atoms with Crippen LogP contribution in [0.25, 0.3) is 0 Å². The molecule has 0 heterocycles. The molecule has 0 atom stereocenters. The molecule has 2 nitrogen and oxygen atoms in total. The van der Waals surface area contributed by atoms with Gasteiger partial charge in [-0.05, 0) is 54.9 Å². The zero-order chi connectivity index (χ0) is 11.5. The van der Waals surface area contributed by atoms with Crippen LogP contribution in [0, 0.1) is 0 Å². The molecule has 0 aliphatic heterocycles. The van der Waals surface area contributed by atoms with E-state index in [4.69, 9.17) is 4.74 Å². The highest BCUT2D eigenvalue weighted by Crippen LogP contribution is 2.25. The van der Waals surface area contributed by atoms with E-state index in [1.165, 1.54) is 5.56 Å². The van der Waals surface area contributed by atoms with Gasteiger partial charge in [-0.25, -0.2) is 0 Å². The Kier molecular flexibility index (Phi) is 4.17. The second kappa shape index (κ2) is 4.99. The largest absolute Gasteiger partial charge is 0.496 e. The highest BCUT2D eigenvalue weighted by molar-refractivity contribution is 9.10. The van der Waals surface area contributed by atoms with Crippen LogP contribution < -0.4 is 10.1 Å². The Morgan fingerprint density at radius 2 is 2.00 bits per heavy atom. The third-order valence-electron chi connectivity index (χ3n) is 2.17.